The normalized spacial score (nSPS) is 23.8. The summed E-state index contributed by atoms with van der Waals surface area (Å²) in [5.41, 5.74) is 0. The molecule has 17 heavy (non-hydrogen) atoms. The monoisotopic (exact) mass is 237 g/mol. The number of nitrogens with zero attached hydrogens (tertiary/aromatic N) is 3. The average molecular weight is 237 g/mol. The van der Waals surface area contributed by atoms with Gasteiger partial charge in [0, 0.05) is 13.0 Å². The molecule has 0 unspecified atom stereocenters. The van der Waals surface area contributed by atoms with Crippen LogP contribution in [0.4, 0.5) is 0 Å². The van der Waals surface area contributed by atoms with E-state index in [0.717, 1.165) is 43.6 Å². The van der Waals surface area contributed by atoms with Gasteiger partial charge in [-0.1, -0.05) is 19.0 Å². The molecule has 2 rings (SSSR count). The molecule has 4 heteroatoms. The van der Waals surface area contributed by atoms with Gasteiger partial charge in [-0.05, 0) is 38.6 Å². The predicted molar refractivity (Wildman–Crippen MR) is 66.7 cm³/mol. The van der Waals surface area contributed by atoms with Crippen molar-refractivity contribution >= 4 is 0 Å². The van der Waals surface area contributed by atoms with Gasteiger partial charge in [-0.3, -0.25) is 4.90 Å². The third-order valence-electron chi connectivity index (χ3n) is 3.55. The van der Waals surface area contributed by atoms with Crippen LogP contribution < -0.4 is 0 Å². The zero-order chi connectivity index (χ0) is 12.3. The van der Waals surface area contributed by atoms with Crippen molar-refractivity contribution in [1.82, 2.24) is 15.0 Å². The fraction of sp³-hybridized carbons (Fsp3) is 0.846. The Morgan fingerprint density at radius 1 is 1.53 bits per heavy atom. The number of piperidine rings is 1. The fourth-order valence-corrected chi connectivity index (χ4v) is 2.50. The summed E-state index contributed by atoms with van der Waals surface area (Å²) in [6, 6.07) is 0.260. The van der Waals surface area contributed by atoms with Crippen LogP contribution in [0.25, 0.3) is 0 Å². The summed E-state index contributed by atoms with van der Waals surface area (Å²) >= 11 is 0. The van der Waals surface area contributed by atoms with Crippen LogP contribution in [-0.2, 0) is 6.42 Å². The van der Waals surface area contributed by atoms with E-state index in [1.165, 1.54) is 12.8 Å². The zero-order valence-corrected chi connectivity index (χ0v) is 11.1. The van der Waals surface area contributed by atoms with Crippen molar-refractivity contribution < 1.29 is 4.52 Å². The molecule has 0 bridgehead atoms. The van der Waals surface area contributed by atoms with Gasteiger partial charge in [0.25, 0.3) is 0 Å². The van der Waals surface area contributed by atoms with E-state index >= 15 is 0 Å². The fourth-order valence-electron chi connectivity index (χ4n) is 2.50. The molecule has 0 aliphatic carbocycles. The maximum absolute atomic E-state index is 5.36. The standard InChI is InChI=1S/C13H23N3O/c1-4-6-12-14-13(17-15-12)11(3)16-8-5-7-10(2)9-16/h10-11H,4-9H2,1-3H3/t10-,11+/m0/s1. The second kappa shape index (κ2) is 5.63. The highest BCUT2D eigenvalue weighted by atomic mass is 16.5. The minimum absolute atomic E-state index is 0.260. The Balaban J connectivity index is 1.99. The van der Waals surface area contributed by atoms with E-state index in [-0.39, 0.29) is 6.04 Å². The Morgan fingerprint density at radius 2 is 2.35 bits per heavy atom. The molecule has 2 heterocycles. The molecule has 96 valence electrons. The molecule has 1 aliphatic rings. The van der Waals surface area contributed by atoms with Gasteiger partial charge in [0.1, 0.15) is 0 Å². The molecule has 0 radical (unpaired) electrons. The Hall–Kier alpha value is -0.900. The molecule has 1 fully saturated rings. The first-order valence-corrected chi connectivity index (χ1v) is 6.77. The van der Waals surface area contributed by atoms with Gasteiger partial charge in [-0.15, -0.1) is 0 Å². The van der Waals surface area contributed by atoms with Crippen LogP contribution in [0.2, 0.25) is 0 Å². The number of hydrogen-bond acceptors (Lipinski definition) is 4. The molecule has 0 aromatic carbocycles. The van der Waals surface area contributed by atoms with Crippen molar-refractivity contribution in [2.45, 2.75) is 52.5 Å². The minimum Gasteiger partial charge on any atom is -0.338 e. The van der Waals surface area contributed by atoms with E-state index in [4.69, 9.17) is 4.52 Å². The third-order valence-corrected chi connectivity index (χ3v) is 3.55. The molecule has 0 spiro atoms. The highest BCUT2D eigenvalue weighted by Crippen LogP contribution is 2.25. The van der Waals surface area contributed by atoms with E-state index in [1.807, 2.05) is 0 Å². The molecular weight excluding hydrogens is 214 g/mol. The third kappa shape index (κ3) is 3.06. The molecule has 2 atom stereocenters. The number of likely N-dealkylation sites (tertiary alicyclic amines) is 1. The van der Waals surface area contributed by atoms with Crippen molar-refractivity contribution in [2.75, 3.05) is 13.1 Å². The Kier molecular flexibility index (Phi) is 4.15. The summed E-state index contributed by atoms with van der Waals surface area (Å²) < 4.78 is 5.36. The highest BCUT2D eigenvalue weighted by Gasteiger charge is 2.25. The summed E-state index contributed by atoms with van der Waals surface area (Å²) in [6.07, 6.45) is 4.59. The highest BCUT2D eigenvalue weighted by molar-refractivity contribution is 4.93. The minimum atomic E-state index is 0.260. The van der Waals surface area contributed by atoms with Gasteiger partial charge in [0.15, 0.2) is 5.82 Å². The van der Waals surface area contributed by atoms with Gasteiger partial charge in [-0.2, -0.15) is 4.98 Å². The zero-order valence-electron chi connectivity index (χ0n) is 11.1. The first-order valence-electron chi connectivity index (χ1n) is 6.77. The number of rotatable bonds is 4. The maximum Gasteiger partial charge on any atom is 0.243 e. The van der Waals surface area contributed by atoms with Gasteiger partial charge >= 0.3 is 0 Å². The summed E-state index contributed by atoms with van der Waals surface area (Å²) in [5, 5.41) is 4.03. The molecule has 0 saturated carbocycles. The predicted octanol–water partition coefficient (Wildman–Crippen LogP) is 2.82. The van der Waals surface area contributed by atoms with Crippen LogP contribution in [0.3, 0.4) is 0 Å². The van der Waals surface area contributed by atoms with Crippen LogP contribution >= 0.6 is 0 Å². The smallest absolute Gasteiger partial charge is 0.243 e. The lowest BCUT2D eigenvalue weighted by molar-refractivity contribution is 0.117. The molecule has 1 aromatic heterocycles. The second-order valence-corrected chi connectivity index (χ2v) is 5.22. The van der Waals surface area contributed by atoms with Crippen molar-refractivity contribution in [3.05, 3.63) is 11.7 Å². The largest absolute Gasteiger partial charge is 0.338 e. The first kappa shape index (κ1) is 12.6. The van der Waals surface area contributed by atoms with Crippen LogP contribution in [0.5, 0.6) is 0 Å². The summed E-state index contributed by atoms with van der Waals surface area (Å²) in [4.78, 5) is 6.94. The lowest BCUT2D eigenvalue weighted by Gasteiger charge is -2.33. The molecule has 1 saturated heterocycles. The van der Waals surface area contributed by atoms with Gasteiger partial charge in [0.2, 0.25) is 5.89 Å². The topological polar surface area (TPSA) is 42.2 Å². The number of aryl methyl sites for hydroxylation is 1. The lowest BCUT2D eigenvalue weighted by atomic mass is 9.99. The van der Waals surface area contributed by atoms with E-state index in [1.54, 1.807) is 0 Å². The van der Waals surface area contributed by atoms with E-state index < -0.39 is 0 Å². The van der Waals surface area contributed by atoms with E-state index in [0.29, 0.717) is 0 Å². The molecule has 0 amide bonds. The van der Waals surface area contributed by atoms with Gasteiger partial charge in [0.05, 0.1) is 6.04 Å². The van der Waals surface area contributed by atoms with Crippen molar-refractivity contribution in [2.24, 2.45) is 5.92 Å². The Morgan fingerprint density at radius 3 is 3.06 bits per heavy atom. The van der Waals surface area contributed by atoms with Crippen molar-refractivity contribution in [3.63, 3.8) is 0 Å². The summed E-state index contributed by atoms with van der Waals surface area (Å²) in [7, 11) is 0. The van der Waals surface area contributed by atoms with Crippen LogP contribution in [0.1, 0.15) is 57.8 Å². The van der Waals surface area contributed by atoms with Gasteiger partial charge < -0.3 is 4.52 Å². The van der Waals surface area contributed by atoms with Crippen molar-refractivity contribution in [3.8, 4) is 0 Å². The number of hydrogen-bond donors (Lipinski definition) is 0. The molecular formula is C13H23N3O. The summed E-state index contributed by atoms with van der Waals surface area (Å²) in [5.74, 6) is 2.41. The van der Waals surface area contributed by atoms with Gasteiger partial charge in [-0.25, -0.2) is 0 Å². The maximum atomic E-state index is 5.36. The molecule has 1 aliphatic heterocycles. The van der Waals surface area contributed by atoms with Crippen LogP contribution in [-0.4, -0.2) is 28.1 Å². The van der Waals surface area contributed by atoms with Crippen LogP contribution in [0, 0.1) is 5.92 Å². The summed E-state index contributed by atoms with van der Waals surface area (Å²) in [6.45, 7) is 8.91. The SMILES string of the molecule is CCCc1noc([C@@H](C)N2CCC[C@H](C)C2)n1. The van der Waals surface area contributed by atoms with Crippen LogP contribution in [0.15, 0.2) is 4.52 Å². The van der Waals surface area contributed by atoms with E-state index in [9.17, 15) is 0 Å². The lowest BCUT2D eigenvalue weighted by Crippen LogP contribution is -2.36. The average Bonchev–Trinajstić information content (AvgIpc) is 2.77. The molecule has 0 N–H and O–H groups in total. The first-order chi connectivity index (χ1) is 8.20. The second-order valence-electron chi connectivity index (χ2n) is 5.22. The van der Waals surface area contributed by atoms with Crippen molar-refractivity contribution in [1.29, 1.82) is 0 Å². The number of aromatic nitrogens is 2. The molecule has 4 nitrogen and oxygen atoms in total. The Bertz CT molecular complexity index is 350. The van der Waals surface area contributed by atoms with E-state index in [2.05, 4.69) is 35.8 Å². The molecule has 1 aromatic rings. The quantitative estimate of drug-likeness (QED) is 0.807. The Labute approximate surface area is 103 Å².